The van der Waals surface area contributed by atoms with E-state index in [9.17, 15) is 14.9 Å². The summed E-state index contributed by atoms with van der Waals surface area (Å²) in [6.07, 6.45) is 6.36. The standard InChI is InChI=1S/C14H13BrN4O3/c1-14(8-11(15)6-7-16-14)13(20)18-17-9-10-4-2-3-5-12(10)19(21)22/h2-9,16H,1H3,(H,18,20)/b17-9+. The number of amides is 1. The number of rotatable bonds is 4. The molecule has 1 aliphatic heterocycles. The summed E-state index contributed by atoms with van der Waals surface area (Å²) in [4.78, 5) is 22.5. The number of nitro benzene ring substituents is 1. The van der Waals surface area contributed by atoms with E-state index >= 15 is 0 Å². The third-order valence-corrected chi connectivity index (χ3v) is 3.52. The highest BCUT2D eigenvalue weighted by atomic mass is 79.9. The molecular weight excluding hydrogens is 352 g/mol. The number of para-hydroxylation sites is 1. The molecule has 0 saturated carbocycles. The molecule has 1 aromatic rings. The Labute approximate surface area is 135 Å². The van der Waals surface area contributed by atoms with Crippen molar-refractivity contribution in [3.8, 4) is 0 Å². The number of nitrogens with one attached hydrogen (secondary N) is 2. The van der Waals surface area contributed by atoms with E-state index < -0.39 is 10.5 Å². The molecule has 1 atom stereocenters. The second kappa shape index (κ2) is 6.52. The molecule has 22 heavy (non-hydrogen) atoms. The van der Waals surface area contributed by atoms with Gasteiger partial charge in [-0.05, 0) is 31.3 Å². The van der Waals surface area contributed by atoms with Gasteiger partial charge in [-0.3, -0.25) is 14.9 Å². The van der Waals surface area contributed by atoms with Gasteiger partial charge in [-0.15, -0.1) is 0 Å². The zero-order valence-corrected chi connectivity index (χ0v) is 13.2. The summed E-state index contributed by atoms with van der Waals surface area (Å²) in [6.45, 7) is 1.69. The minimum absolute atomic E-state index is 0.0759. The van der Waals surface area contributed by atoms with Gasteiger partial charge in [0.2, 0.25) is 0 Å². The van der Waals surface area contributed by atoms with Crippen molar-refractivity contribution in [3.05, 3.63) is 62.8 Å². The first-order valence-corrected chi connectivity index (χ1v) is 7.11. The van der Waals surface area contributed by atoms with Crippen molar-refractivity contribution in [1.82, 2.24) is 10.7 Å². The number of benzene rings is 1. The smallest absolute Gasteiger partial charge is 0.278 e. The van der Waals surface area contributed by atoms with Gasteiger partial charge in [0.1, 0.15) is 5.54 Å². The van der Waals surface area contributed by atoms with Gasteiger partial charge in [0.15, 0.2) is 0 Å². The average molecular weight is 365 g/mol. The van der Waals surface area contributed by atoms with Crippen molar-refractivity contribution in [2.24, 2.45) is 5.10 Å². The first kappa shape index (κ1) is 15.9. The summed E-state index contributed by atoms with van der Waals surface area (Å²) in [6, 6.07) is 6.14. The van der Waals surface area contributed by atoms with Gasteiger partial charge in [-0.1, -0.05) is 28.1 Å². The molecule has 0 fully saturated rings. The molecule has 2 rings (SSSR count). The van der Waals surface area contributed by atoms with Crippen LogP contribution in [0, 0.1) is 10.1 Å². The van der Waals surface area contributed by atoms with Crippen LogP contribution in [0.15, 0.2) is 52.2 Å². The van der Waals surface area contributed by atoms with Crippen molar-refractivity contribution in [3.63, 3.8) is 0 Å². The highest BCUT2D eigenvalue weighted by Crippen LogP contribution is 2.19. The minimum atomic E-state index is -0.951. The van der Waals surface area contributed by atoms with E-state index in [0.717, 1.165) is 4.48 Å². The Morgan fingerprint density at radius 1 is 1.50 bits per heavy atom. The number of carbonyl (C=O) groups excluding carboxylic acids is 1. The minimum Gasteiger partial charge on any atom is -0.374 e. The Morgan fingerprint density at radius 2 is 2.23 bits per heavy atom. The zero-order chi connectivity index (χ0) is 16.2. The zero-order valence-electron chi connectivity index (χ0n) is 11.6. The van der Waals surface area contributed by atoms with E-state index in [4.69, 9.17) is 0 Å². The number of hydrogen-bond acceptors (Lipinski definition) is 5. The van der Waals surface area contributed by atoms with Crippen LogP contribution < -0.4 is 10.7 Å². The van der Waals surface area contributed by atoms with E-state index in [2.05, 4.69) is 31.8 Å². The van der Waals surface area contributed by atoms with Gasteiger partial charge < -0.3 is 5.32 Å². The van der Waals surface area contributed by atoms with Crippen molar-refractivity contribution in [2.75, 3.05) is 0 Å². The molecule has 8 heteroatoms. The fourth-order valence-electron chi connectivity index (χ4n) is 1.83. The van der Waals surface area contributed by atoms with Gasteiger partial charge >= 0.3 is 0 Å². The van der Waals surface area contributed by atoms with Gasteiger partial charge in [-0.2, -0.15) is 5.10 Å². The average Bonchev–Trinajstić information content (AvgIpc) is 2.47. The summed E-state index contributed by atoms with van der Waals surface area (Å²) >= 11 is 3.30. The Hall–Kier alpha value is -2.48. The Kier molecular flexibility index (Phi) is 4.71. The topological polar surface area (TPSA) is 96.6 Å². The molecule has 0 bridgehead atoms. The molecule has 1 heterocycles. The summed E-state index contributed by atoms with van der Waals surface area (Å²) in [5.74, 6) is -0.386. The highest BCUT2D eigenvalue weighted by molar-refractivity contribution is 9.11. The molecule has 1 aromatic carbocycles. The van der Waals surface area contributed by atoms with Crippen molar-refractivity contribution in [1.29, 1.82) is 0 Å². The molecule has 1 unspecified atom stereocenters. The Morgan fingerprint density at radius 3 is 2.91 bits per heavy atom. The summed E-state index contributed by atoms with van der Waals surface area (Å²) < 4.78 is 0.770. The van der Waals surface area contributed by atoms with Crippen LogP contribution in [-0.4, -0.2) is 22.6 Å². The third kappa shape index (κ3) is 3.59. The SMILES string of the molecule is CC1(C(=O)N/N=C/c2ccccc2[N+](=O)[O-])C=C(Br)C=CN1. The van der Waals surface area contributed by atoms with Crippen LogP contribution in [0.25, 0.3) is 0 Å². The number of dihydropyridines is 1. The van der Waals surface area contributed by atoms with Crippen LogP contribution in [0.5, 0.6) is 0 Å². The van der Waals surface area contributed by atoms with Gasteiger partial charge in [0, 0.05) is 10.5 Å². The maximum Gasteiger partial charge on any atom is 0.278 e. The first-order valence-electron chi connectivity index (χ1n) is 6.32. The van der Waals surface area contributed by atoms with E-state index in [1.807, 2.05) is 0 Å². The van der Waals surface area contributed by atoms with Crippen LogP contribution in [0.3, 0.4) is 0 Å². The molecule has 0 radical (unpaired) electrons. The van der Waals surface area contributed by atoms with Crippen LogP contribution >= 0.6 is 15.9 Å². The number of nitro groups is 1. The highest BCUT2D eigenvalue weighted by Gasteiger charge is 2.31. The van der Waals surface area contributed by atoms with Crippen LogP contribution in [0.4, 0.5) is 5.69 Å². The molecule has 114 valence electrons. The van der Waals surface area contributed by atoms with E-state index in [0.29, 0.717) is 5.56 Å². The largest absolute Gasteiger partial charge is 0.374 e. The second-order valence-electron chi connectivity index (χ2n) is 4.72. The third-order valence-electron chi connectivity index (χ3n) is 3.03. The van der Waals surface area contributed by atoms with Gasteiger partial charge in [0.05, 0.1) is 16.7 Å². The molecule has 0 spiro atoms. The van der Waals surface area contributed by atoms with Gasteiger partial charge in [0.25, 0.3) is 11.6 Å². The predicted molar refractivity (Wildman–Crippen MR) is 86.5 cm³/mol. The Bertz CT molecular complexity index is 699. The number of halogens is 1. The van der Waals surface area contributed by atoms with Gasteiger partial charge in [-0.25, -0.2) is 5.43 Å². The van der Waals surface area contributed by atoms with Crippen molar-refractivity contribution >= 4 is 33.7 Å². The monoisotopic (exact) mass is 364 g/mol. The van der Waals surface area contributed by atoms with E-state index in [-0.39, 0.29) is 11.6 Å². The maximum absolute atomic E-state index is 12.2. The summed E-state index contributed by atoms with van der Waals surface area (Å²) in [5, 5.41) is 17.6. The second-order valence-corrected chi connectivity index (χ2v) is 5.64. The number of carbonyl (C=O) groups is 1. The lowest BCUT2D eigenvalue weighted by molar-refractivity contribution is -0.385. The molecular formula is C14H13BrN4O3. The lowest BCUT2D eigenvalue weighted by atomic mass is 9.99. The maximum atomic E-state index is 12.2. The normalized spacial score (nSPS) is 20.4. The predicted octanol–water partition coefficient (Wildman–Crippen LogP) is 2.20. The lowest BCUT2D eigenvalue weighted by Crippen LogP contribution is -2.51. The number of hydrazone groups is 1. The van der Waals surface area contributed by atoms with Crippen LogP contribution in [-0.2, 0) is 4.79 Å². The molecule has 1 aliphatic rings. The van der Waals surface area contributed by atoms with Crippen molar-refractivity contribution < 1.29 is 9.72 Å². The summed E-state index contributed by atoms with van der Waals surface area (Å²) in [7, 11) is 0. The molecule has 0 aromatic heterocycles. The molecule has 7 nitrogen and oxygen atoms in total. The molecule has 1 amide bonds. The fourth-order valence-corrected chi connectivity index (χ4v) is 2.42. The lowest BCUT2D eigenvalue weighted by Gasteiger charge is -2.26. The fraction of sp³-hybridized carbons (Fsp3) is 0.143. The quantitative estimate of drug-likeness (QED) is 0.486. The van der Waals surface area contributed by atoms with E-state index in [1.54, 1.807) is 43.5 Å². The summed E-state index contributed by atoms with van der Waals surface area (Å²) in [5.41, 5.74) is 1.66. The molecule has 0 aliphatic carbocycles. The molecule has 2 N–H and O–H groups in total. The van der Waals surface area contributed by atoms with Crippen LogP contribution in [0.2, 0.25) is 0 Å². The van der Waals surface area contributed by atoms with Crippen molar-refractivity contribution in [2.45, 2.75) is 12.5 Å². The number of nitrogens with zero attached hydrogens (tertiary/aromatic N) is 2. The van der Waals surface area contributed by atoms with Crippen LogP contribution in [0.1, 0.15) is 12.5 Å². The Balaban J connectivity index is 2.09. The number of hydrogen-bond donors (Lipinski definition) is 2. The first-order chi connectivity index (χ1) is 10.4. The number of allylic oxidation sites excluding steroid dienone is 2. The molecule has 0 saturated heterocycles. The van der Waals surface area contributed by atoms with E-state index in [1.165, 1.54) is 12.3 Å².